The van der Waals surface area contributed by atoms with Crippen LogP contribution in [-0.4, -0.2) is 65.6 Å². The van der Waals surface area contributed by atoms with Crippen molar-refractivity contribution >= 4 is 11.8 Å². The first-order valence-electron chi connectivity index (χ1n) is 11.9. The second-order valence-corrected chi connectivity index (χ2v) is 9.00. The van der Waals surface area contributed by atoms with Crippen LogP contribution in [0.1, 0.15) is 46.7 Å². The van der Waals surface area contributed by atoms with Crippen molar-refractivity contribution in [3.05, 3.63) is 78.0 Å². The number of aliphatic hydroxyl groups is 1. The first kappa shape index (κ1) is 23.8. The Bertz CT molecular complexity index is 1020. The maximum atomic E-state index is 13.1. The summed E-state index contributed by atoms with van der Waals surface area (Å²) < 4.78 is 5.65. The smallest absolute Gasteiger partial charge is 0.260 e. The van der Waals surface area contributed by atoms with Gasteiger partial charge in [0.2, 0.25) is 0 Å². The number of ether oxygens (including phenoxy) is 1. The number of β-amino-alcohol motifs (C(OH)–C–C–N with tert-alkyl or cyclic N) is 1. The molecule has 2 amide bonds. The number of aliphatic hydroxyl groups excluding tert-OH is 1. The van der Waals surface area contributed by atoms with Crippen LogP contribution in [-0.2, 0) is 11.3 Å². The molecule has 34 heavy (non-hydrogen) atoms. The summed E-state index contributed by atoms with van der Waals surface area (Å²) in [4.78, 5) is 28.9. The van der Waals surface area contributed by atoms with E-state index in [1.54, 1.807) is 35.4 Å². The van der Waals surface area contributed by atoms with Gasteiger partial charge < -0.3 is 25.0 Å². The van der Waals surface area contributed by atoms with Gasteiger partial charge in [-0.05, 0) is 60.7 Å². The predicted octanol–water partition coefficient (Wildman–Crippen LogP) is 2.91. The average molecular weight is 464 g/mol. The predicted molar refractivity (Wildman–Crippen MR) is 130 cm³/mol. The third kappa shape index (κ3) is 5.97. The second kappa shape index (κ2) is 11.2. The van der Waals surface area contributed by atoms with Crippen molar-refractivity contribution in [2.75, 3.05) is 32.8 Å². The quantitative estimate of drug-likeness (QED) is 0.629. The van der Waals surface area contributed by atoms with Gasteiger partial charge in [-0.15, -0.1) is 0 Å². The topological polar surface area (TPSA) is 82.1 Å². The number of hydrogen-bond donors (Lipinski definition) is 2. The van der Waals surface area contributed by atoms with Crippen LogP contribution in [0.2, 0.25) is 0 Å². The van der Waals surface area contributed by atoms with Gasteiger partial charge in [0, 0.05) is 38.3 Å². The van der Waals surface area contributed by atoms with Crippen LogP contribution in [0.15, 0.2) is 61.3 Å². The minimum atomic E-state index is -0.452. The standard InChI is InChI=1S/C27H33N3O4/c1-2-28-17-20-5-3-6-22(15-20)21-9-12-29(13-10-21)27(33)23-7-4-8-25(16-23)34-19-26(32)30-14-11-24(31)18-30/h2-8,15-16,21,24,28,31H,1,9-14,17-19H2/t24-/m1/s1. The fourth-order valence-electron chi connectivity index (χ4n) is 4.67. The van der Waals surface area contributed by atoms with Crippen LogP contribution in [0.3, 0.4) is 0 Å². The van der Waals surface area contributed by atoms with Gasteiger partial charge in [-0.3, -0.25) is 9.59 Å². The molecule has 0 radical (unpaired) electrons. The molecule has 2 aliphatic heterocycles. The summed E-state index contributed by atoms with van der Waals surface area (Å²) in [6.07, 6.45) is 3.71. The van der Waals surface area contributed by atoms with Crippen LogP contribution in [0, 0.1) is 0 Å². The van der Waals surface area contributed by atoms with Crippen molar-refractivity contribution in [2.24, 2.45) is 0 Å². The third-order valence-electron chi connectivity index (χ3n) is 6.61. The highest BCUT2D eigenvalue weighted by molar-refractivity contribution is 5.94. The summed E-state index contributed by atoms with van der Waals surface area (Å²) in [5.74, 6) is 0.776. The Hall–Kier alpha value is -3.32. The molecule has 0 spiro atoms. The lowest BCUT2D eigenvalue weighted by Crippen LogP contribution is -2.38. The Morgan fingerprint density at radius 3 is 2.56 bits per heavy atom. The van der Waals surface area contributed by atoms with E-state index in [-0.39, 0.29) is 18.4 Å². The summed E-state index contributed by atoms with van der Waals surface area (Å²) in [6.45, 7) is 6.68. The van der Waals surface area contributed by atoms with Gasteiger partial charge >= 0.3 is 0 Å². The molecule has 0 aliphatic carbocycles. The lowest BCUT2D eigenvalue weighted by Gasteiger charge is -2.32. The number of carbonyl (C=O) groups excluding carboxylic acids is 2. The number of likely N-dealkylation sites (tertiary alicyclic amines) is 2. The summed E-state index contributed by atoms with van der Waals surface area (Å²) >= 11 is 0. The molecule has 0 aromatic heterocycles. The monoisotopic (exact) mass is 463 g/mol. The molecule has 2 fully saturated rings. The number of piperidine rings is 1. The van der Waals surface area contributed by atoms with E-state index < -0.39 is 6.10 Å². The lowest BCUT2D eigenvalue weighted by molar-refractivity contribution is -0.132. The van der Waals surface area contributed by atoms with Gasteiger partial charge in [0.1, 0.15) is 5.75 Å². The van der Waals surface area contributed by atoms with Gasteiger partial charge in [0.25, 0.3) is 11.8 Å². The lowest BCUT2D eigenvalue weighted by atomic mass is 9.88. The van der Waals surface area contributed by atoms with E-state index in [0.717, 1.165) is 19.4 Å². The van der Waals surface area contributed by atoms with Crippen molar-refractivity contribution < 1.29 is 19.4 Å². The molecular weight excluding hydrogens is 430 g/mol. The number of carbonyl (C=O) groups is 2. The minimum Gasteiger partial charge on any atom is -0.484 e. The highest BCUT2D eigenvalue weighted by Gasteiger charge is 2.26. The maximum absolute atomic E-state index is 13.1. The van der Waals surface area contributed by atoms with Crippen molar-refractivity contribution in [3.8, 4) is 5.75 Å². The zero-order valence-corrected chi connectivity index (χ0v) is 19.5. The molecule has 2 aliphatic rings. The third-order valence-corrected chi connectivity index (χ3v) is 6.61. The molecule has 7 heteroatoms. The zero-order valence-electron chi connectivity index (χ0n) is 19.5. The van der Waals surface area contributed by atoms with Crippen LogP contribution in [0.5, 0.6) is 5.75 Å². The van der Waals surface area contributed by atoms with Gasteiger partial charge in [0.15, 0.2) is 6.61 Å². The molecule has 0 bridgehead atoms. The summed E-state index contributed by atoms with van der Waals surface area (Å²) in [5.41, 5.74) is 3.12. The number of nitrogens with zero attached hydrogens (tertiary/aromatic N) is 2. The summed E-state index contributed by atoms with van der Waals surface area (Å²) in [5, 5.41) is 12.7. The van der Waals surface area contributed by atoms with Crippen LogP contribution >= 0.6 is 0 Å². The fourth-order valence-corrected chi connectivity index (χ4v) is 4.67. The van der Waals surface area contributed by atoms with Gasteiger partial charge in [-0.1, -0.05) is 36.9 Å². The fraction of sp³-hybridized carbons (Fsp3) is 0.407. The molecule has 180 valence electrons. The second-order valence-electron chi connectivity index (χ2n) is 9.00. The molecule has 0 unspecified atom stereocenters. The molecule has 7 nitrogen and oxygen atoms in total. The van der Waals surface area contributed by atoms with Crippen molar-refractivity contribution in [1.82, 2.24) is 15.1 Å². The molecule has 4 rings (SSSR count). The van der Waals surface area contributed by atoms with E-state index in [4.69, 9.17) is 4.74 Å². The molecule has 0 saturated carbocycles. The Kier molecular flexibility index (Phi) is 7.85. The SMILES string of the molecule is C=CNCc1cccc(C2CCN(C(=O)c3cccc(OCC(=O)N4CC[C@@H](O)C4)c3)CC2)c1. The van der Waals surface area contributed by atoms with E-state index in [1.165, 1.54) is 11.1 Å². The molecule has 2 aromatic carbocycles. The number of rotatable bonds is 8. The summed E-state index contributed by atoms with van der Waals surface area (Å²) in [7, 11) is 0. The Labute approximate surface area is 201 Å². The molecule has 2 heterocycles. The number of hydrogen-bond acceptors (Lipinski definition) is 5. The normalized spacial score (nSPS) is 18.6. The zero-order chi connectivity index (χ0) is 23.9. The molecule has 2 saturated heterocycles. The molecule has 2 N–H and O–H groups in total. The minimum absolute atomic E-state index is 0.0122. The highest BCUT2D eigenvalue weighted by Crippen LogP contribution is 2.29. The number of amides is 2. The van der Waals surface area contributed by atoms with Gasteiger partial charge in [0.05, 0.1) is 6.10 Å². The van der Waals surface area contributed by atoms with E-state index in [2.05, 4.69) is 36.2 Å². The molecule has 1 atom stereocenters. The van der Waals surface area contributed by atoms with E-state index in [1.807, 2.05) is 4.90 Å². The first-order valence-corrected chi connectivity index (χ1v) is 11.9. The Balaban J connectivity index is 1.30. The van der Waals surface area contributed by atoms with Crippen molar-refractivity contribution in [2.45, 2.75) is 37.8 Å². The first-order chi connectivity index (χ1) is 16.5. The van der Waals surface area contributed by atoms with Crippen molar-refractivity contribution in [1.29, 1.82) is 0 Å². The molecular formula is C27H33N3O4. The number of benzene rings is 2. The van der Waals surface area contributed by atoms with Gasteiger partial charge in [-0.25, -0.2) is 0 Å². The van der Waals surface area contributed by atoms with E-state index in [9.17, 15) is 14.7 Å². The number of nitrogens with one attached hydrogen (secondary N) is 1. The highest BCUT2D eigenvalue weighted by atomic mass is 16.5. The Morgan fingerprint density at radius 2 is 1.82 bits per heavy atom. The summed E-state index contributed by atoms with van der Waals surface area (Å²) in [6, 6.07) is 15.6. The van der Waals surface area contributed by atoms with E-state index in [0.29, 0.717) is 49.8 Å². The largest absolute Gasteiger partial charge is 0.484 e. The van der Waals surface area contributed by atoms with Crippen LogP contribution in [0.4, 0.5) is 0 Å². The molecule has 2 aromatic rings. The van der Waals surface area contributed by atoms with Crippen LogP contribution in [0.25, 0.3) is 0 Å². The van der Waals surface area contributed by atoms with Gasteiger partial charge in [-0.2, -0.15) is 0 Å². The average Bonchev–Trinajstić information content (AvgIpc) is 3.32. The van der Waals surface area contributed by atoms with Crippen LogP contribution < -0.4 is 10.1 Å². The van der Waals surface area contributed by atoms with E-state index >= 15 is 0 Å². The maximum Gasteiger partial charge on any atom is 0.260 e. The Morgan fingerprint density at radius 1 is 1.06 bits per heavy atom. The van der Waals surface area contributed by atoms with Crippen molar-refractivity contribution in [3.63, 3.8) is 0 Å².